The Morgan fingerprint density at radius 1 is 1.00 bits per heavy atom. The number of rotatable bonds is 4. The second-order valence-corrected chi connectivity index (χ2v) is 4.83. The van der Waals surface area contributed by atoms with Crippen LogP contribution in [0, 0.1) is 10.1 Å². The Balaban J connectivity index is 0.00000134. The molecule has 142 valence electrons. The van der Waals surface area contributed by atoms with E-state index in [1.807, 2.05) is 27.7 Å². The largest absolute Gasteiger partial charge is 0.493 e. The highest BCUT2D eigenvalue weighted by Gasteiger charge is 2.28. The van der Waals surface area contributed by atoms with E-state index in [1.165, 1.54) is 26.4 Å². The highest BCUT2D eigenvalue weighted by atomic mass is 16.6. The number of likely N-dealkylation sites (tertiary alicyclic amines) is 1. The zero-order valence-corrected chi connectivity index (χ0v) is 16.1. The summed E-state index contributed by atoms with van der Waals surface area (Å²) in [6.07, 6.45) is 2.93. The van der Waals surface area contributed by atoms with Gasteiger partial charge in [0.25, 0.3) is 11.6 Å². The number of benzene rings is 1. The highest BCUT2D eigenvalue weighted by molar-refractivity contribution is 5.99. The maximum absolute atomic E-state index is 12.5. The van der Waals surface area contributed by atoms with Crippen molar-refractivity contribution in [2.45, 2.75) is 47.0 Å². The van der Waals surface area contributed by atoms with Gasteiger partial charge in [0.05, 0.1) is 25.2 Å². The first-order valence-electron chi connectivity index (χ1n) is 8.78. The molecule has 0 spiro atoms. The molecular formula is C18H30N2O5. The molecule has 1 aliphatic rings. The van der Waals surface area contributed by atoms with Crippen LogP contribution >= 0.6 is 0 Å². The smallest absolute Gasteiger partial charge is 0.286 e. The second-order valence-electron chi connectivity index (χ2n) is 4.83. The van der Waals surface area contributed by atoms with Gasteiger partial charge in [-0.05, 0) is 19.3 Å². The fourth-order valence-electron chi connectivity index (χ4n) is 2.46. The molecule has 7 nitrogen and oxygen atoms in total. The van der Waals surface area contributed by atoms with Crippen molar-refractivity contribution in [3.63, 3.8) is 0 Å². The molecule has 1 aromatic rings. The van der Waals surface area contributed by atoms with E-state index in [2.05, 4.69) is 0 Å². The lowest BCUT2D eigenvalue weighted by Gasteiger charge is -2.26. The molecule has 1 aliphatic heterocycles. The number of ether oxygens (including phenoxy) is 2. The summed E-state index contributed by atoms with van der Waals surface area (Å²) < 4.78 is 10.2. The van der Waals surface area contributed by atoms with Crippen molar-refractivity contribution in [3.05, 3.63) is 27.8 Å². The van der Waals surface area contributed by atoms with Crippen LogP contribution in [0.4, 0.5) is 5.69 Å². The van der Waals surface area contributed by atoms with Crippen molar-refractivity contribution in [2.75, 3.05) is 27.3 Å². The van der Waals surface area contributed by atoms with Crippen molar-refractivity contribution in [1.82, 2.24) is 4.90 Å². The lowest BCUT2D eigenvalue weighted by atomic mass is 10.1. The van der Waals surface area contributed by atoms with Gasteiger partial charge >= 0.3 is 0 Å². The number of hydrogen-bond acceptors (Lipinski definition) is 5. The van der Waals surface area contributed by atoms with Crippen molar-refractivity contribution in [1.29, 1.82) is 0 Å². The summed E-state index contributed by atoms with van der Waals surface area (Å²) in [5.41, 5.74) is -0.220. The molecule has 2 rings (SSSR count). The molecule has 1 amide bonds. The zero-order chi connectivity index (χ0) is 19.4. The molecule has 0 radical (unpaired) electrons. The van der Waals surface area contributed by atoms with Crippen LogP contribution in [0.5, 0.6) is 11.5 Å². The zero-order valence-electron chi connectivity index (χ0n) is 16.1. The Morgan fingerprint density at radius 2 is 1.48 bits per heavy atom. The lowest BCUT2D eigenvalue weighted by molar-refractivity contribution is -0.385. The third-order valence-electron chi connectivity index (χ3n) is 3.57. The number of nitro groups is 1. The second kappa shape index (κ2) is 12.1. The Kier molecular flexibility index (Phi) is 11.0. The molecular weight excluding hydrogens is 324 g/mol. The van der Waals surface area contributed by atoms with Crippen LogP contribution < -0.4 is 9.47 Å². The van der Waals surface area contributed by atoms with Crippen molar-refractivity contribution in [2.24, 2.45) is 0 Å². The molecule has 1 saturated heterocycles. The maximum atomic E-state index is 12.5. The number of amides is 1. The average Bonchev–Trinajstić information content (AvgIpc) is 2.69. The molecule has 0 aromatic heterocycles. The van der Waals surface area contributed by atoms with E-state index < -0.39 is 4.92 Å². The standard InChI is InChI=1S/C14H18N2O5.2C2H6/c1-20-12-8-10(11(16(18)19)9-13(12)21-2)14(17)15-6-4-3-5-7-15;2*1-2/h8-9H,3-7H2,1-2H3;2*1-2H3. The molecule has 0 bridgehead atoms. The summed E-state index contributed by atoms with van der Waals surface area (Å²) in [4.78, 5) is 24.8. The molecule has 25 heavy (non-hydrogen) atoms. The van der Waals surface area contributed by atoms with Crippen LogP contribution in [-0.4, -0.2) is 43.0 Å². The van der Waals surface area contributed by atoms with Gasteiger partial charge < -0.3 is 14.4 Å². The first kappa shape index (κ1) is 22.7. The summed E-state index contributed by atoms with van der Waals surface area (Å²) in [7, 11) is 2.83. The molecule has 0 saturated carbocycles. The van der Waals surface area contributed by atoms with Crippen LogP contribution in [0.3, 0.4) is 0 Å². The number of carbonyl (C=O) groups excluding carboxylic acids is 1. The van der Waals surface area contributed by atoms with Crippen LogP contribution in [0.25, 0.3) is 0 Å². The van der Waals surface area contributed by atoms with E-state index in [4.69, 9.17) is 9.47 Å². The van der Waals surface area contributed by atoms with E-state index in [9.17, 15) is 14.9 Å². The molecule has 1 fully saturated rings. The molecule has 0 N–H and O–H groups in total. The van der Waals surface area contributed by atoms with Crippen LogP contribution in [0.15, 0.2) is 12.1 Å². The van der Waals surface area contributed by atoms with Crippen molar-refractivity contribution < 1.29 is 19.2 Å². The van der Waals surface area contributed by atoms with Crippen LogP contribution in [-0.2, 0) is 0 Å². The summed E-state index contributed by atoms with van der Waals surface area (Å²) in [5.74, 6) is 0.213. The van der Waals surface area contributed by atoms with Gasteiger partial charge in [0.15, 0.2) is 11.5 Å². The summed E-state index contributed by atoms with van der Waals surface area (Å²) in [6, 6.07) is 2.61. The average molecular weight is 354 g/mol. The molecule has 1 aromatic carbocycles. The summed E-state index contributed by atoms with van der Waals surface area (Å²) >= 11 is 0. The lowest BCUT2D eigenvalue weighted by Crippen LogP contribution is -2.35. The van der Waals surface area contributed by atoms with Gasteiger partial charge in [0.2, 0.25) is 0 Å². The minimum absolute atomic E-state index is 0.0413. The Labute approximate surface area is 150 Å². The van der Waals surface area contributed by atoms with Crippen LogP contribution in [0.1, 0.15) is 57.3 Å². The Morgan fingerprint density at radius 3 is 1.92 bits per heavy atom. The van der Waals surface area contributed by atoms with Crippen molar-refractivity contribution in [3.8, 4) is 11.5 Å². The molecule has 0 unspecified atom stereocenters. The van der Waals surface area contributed by atoms with E-state index in [-0.39, 0.29) is 22.9 Å². The monoisotopic (exact) mass is 354 g/mol. The Hall–Kier alpha value is -2.31. The quantitative estimate of drug-likeness (QED) is 0.595. The van der Waals surface area contributed by atoms with Gasteiger partial charge in [0, 0.05) is 19.2 Å². The molecule has 0 aliphatic carbocycles. The minimum atomic E-state index is -0.570. The first-order chi connectivity index (χ1) is 12.1. The number of piperidine rings is 1. The fourth-order valence-corrected chi connectivity index (χ4v) is 2.46. The topological polar surface area (TPSA) is 81.9 Å². The van der Waals surface area contributed by atoms with Gasteiger partial charge in [-0.3, -0.25) is 14.9 Å². The minimum Gasteiger partial charge on any atom is -0.493 e. The predicted octanol–water partition coefficient (Wildman–Crippen LogP) is 4.29. The first-order valence-corrected chi connectivity index (χ1v) is 8.78. The number of nitro benzene ring substituents is 1. The summed E-state index contributed by atoms with van der Waals surface area (Å²) in [6.45, 7) is 9.26. The third-order valence-corrected chi connectivity index (χ3v) is 3.57. The summed E-state index contributed by atoms with van der Waals surface area (Å²) in [5, 5.41) is 11.2. The van der Waals surface area contributed by atoms with Gasteiger partial charge in [-0.2, -0.15) is 0 Å². The molecule has 0 atom stereocenters. The number of nitrogens with zero attached hydrogens (tertiary/aromatic N) is 2. The van der Waals surface area contributed by atoms with Gasteiger partial charge in [-0.25, -0.2) is 0 Å². The normalized spacial score (nSPS) is 12.8. The highest BCUT2D eigenvalue weighted by Crippen LogP contribution is 2.35. The number of methoxy groups -OCH3 is 2. The van der Waals surface area contributed by atoms with Gasteiger partial charge in [0.1, 0.15) is 5.56 Å². The van der Waals surface area contributed by atoms with Gasteiger partial charge in [-0.1, -0.05) is 27.7 Å². The van der Waals surface area contributed by atoms with E-state index in [0.29, 0.717) is 18.8 Å². The number of carbonyl (C=O) groups is 1. The predicted molar refractivity (Wildman–Crippen MR) is 98.7 cm³/mol. The number of hydrogen-bond donors (Lipinski definition) is 0. The van der Waals surface area contributed by atoms with E-state index >= 15 is 0 Å². The maximum Gasteiger partial charge on any atom is 0.286 e. The van der Waals surface area contributed by atoms with E-state index in [0.717, 1.165) is 19.3 Å². The van der Waals surface area contributed by atoms with Crippen LogP contribution in [0.2, 0.25) is 0 Å². The van der Waals surface area contributed by atoms with Gasteiger partial charge in [-0.15, -0.1) is 0 Å². The van der Waals surface area contributed by atoms with Crippen molar-refractivity contribution >= 4 is 11.6 Å². The third kappa shape index (κ3) is 5.92. The molecule has 1 heterocycles. The fraction of sp³-hybridized carbons (Fsp3) is 0.611. The molecule has 7 heteroatoms. The Bertz CT molecular complexity index is 555. The van der Waals surface area contributed by atoms with E-state index in [1.54, 1.807) is 4.90 Å². The SMILES string of the molecule is CC.CC.COc1cc(C(=O)N2CCCCC2)c([N+](=O)[O-])cc1OC.